The van der Waals surface area contributed by atoms with Crippen molar-refractivity contribution >= 4 is 0 Å². The number of hydrogen-bond acceptors (Lipinski definition) is 3. The topological polar surface area (TPSA) is 30.5 Å². The van der Waals surface area contributed by atoms with E-state index < -0.39 is 0 Å². The molecule has 90 valence electrons. The summed E-state index contributed by atoms with van der Waals surface area (Å²) in [5, 5.41) is 3.42. The smallest absolute Gasteiger partial charge is 0.118 e. The Morgan fingerprint density at radius 3 is 2.25 bits per heavy atom. The van der Waals surface area contributed by atoms with E-state index >= 15 is 0 Å². The van der Waals surface area contributed by atoms with Crippen molar-refractivity contribution in [1.29, 1.82) is 0 Å². The summed E-state index contributed by atoms with van der Waals surface area (Å²) >= 11 is 0. The van der Waals surface area contributed by atoms with E-state index in [0.29, 0.717) is 6.04 Å². The Bertz CT molecular complexity index is 297. The SMILES string of the molecule is COc1ccc([C@H](C)NCC(C)OC)cc1. The van der Waals surface area contributed by atoms with Crippen LogP contribution in [0.25, 0.3) is 0 Å². The van der Waals surface area contributed by atoms with Crippen molar-refractivity contribution in [3.05, 3.63) is 29.8 Å². The first-order valence-corrected chi connectivity index (χ1v) is 5.57. The molecule has 1 aromatic carbocycles. The zero-order valence-corrected chi connectivity index (χ0v) is 10.5. The molecule has 0 spiro atoms. The maximum Gasteiger partial charge on any atom is 0.118 e. The van der Waals surface area contributed by atoms with Gasteiger partial charge in [0, 0.05) is 19.7 Å². The van der Waals surface area contributed by atoms with Crippen molar-refractivity contribution in [2.45, 2.75) is 26.0 Å². The molecular weight excluding hydrogens is 202 g/mol. The summed E-state index contributed by atoms with van der Waals surface area (Å²) in [4.78, 5) is 0. The van der Waals surface area contributed by atoms with E-state index in [-0.39, 0.29) is 6.10 Å². The predicted molar refractivity (Wildman–Crippen MR) is 65.9 cm³/mol. The van der Waals surface area contributed by atoms with Gasteiger partial charge < -0.3 is 14.8 Å². The molecule has 0 saturated heterocycles. The molecule has 0 aromatic heterocycles. The zero-order valence-electron chi connectivity index (χ0n) is 10.5. The van der Waals surface area contributed by atoms with Gasteiger partial charge in [-0.3, -0.25) is 0 Å². The summed E-state index contributed by atoms with van der Waals surface area (Å²) in [5.74, 6) is 0.890. The van der Waals surface area contributed by atoms with Crippen molar-refractivity contribution in [3.8, 4) is 5.75 Å². The van der Waals surface area contributed by atoms with Crippen LogP contribution in [0.4, 0.5) is 0 Å². The van der Waals surface area contributed by atoms with Gasteiger partial charge in [0.2, 0.25) is 0 Å². The number of nitrogens with one attached hydrogen (secondary N) is 1. The van der Waals surface area contributed by atoms with Gasteiger partial charge in [0.25, 0.3) is 0 Å². The van der Waals surface area contributed by atoms with Crippen LogP contribution in [-0.2, 0) is 4.74 Å². The third kappa shape index (κ3) is 3.83. The summed E-state index contributed by atoms with van der Waals surface area (Å²) in [6.45, 7) is 5.04. The third-order valence-electron chi connectivity index (χ3n) is 2.73. The highest BCUT2D eigenvalue weighted by atomic mass is 16.5. The van der Waals surface area contributed by atoms with Crippen molar-refractivity contribution in [2.24, 2.45) is 0 Å². The molecule has 0 saturated carbocycles. The highest BCUT2D eigenvalue weighted by Gasteiger charge is 2.06. The second-order valence-electron chi connectivity index (χ2n) is 3.95. The lowest BCUT2D eigenvalue weighted by molar-refractivity contribution is 0.115. The van der Waals surface area contributed by atoms with Crippen molar-refractivity contribution < 1.29 is 9.47 Å². The quantitative estimate of drug-likeness (QED) is 0.803. The molecule has 0 aliphatic rings. The minimum Gasteiger partial charge on any atom is -0.497 e. The number of benzene rings is 1. The monoisotopic (exact) mass is 223 g/mol. The van der Waals surface area contributed by atoms with Gasteiger partial charge in [-0.2, -0.15) is 0 Å². The van der Waals surface area contributed by atoms with Crippen molar-refractivity contribution in [3.63, 3.8) is 0 Å². The number of ether oxygens (including phenoxy) is 2. The standard InChI is InChI=1S/C13H21NO2/c1-10(15-3)9-14-11(2)12-5-7-13(16-4)8-6-12/h5-8,10-11,14H,9H2,1-4H3/t10?,11-/m0/s1. The molecule has 1 unspecified atom stereocenters. The number of hydrogen-bond donors (Lipinski definition) is 1. The Labute approximate surface area is 97.8 Å². The van der Waals surface area contributed by atoms with Gasteiger partial charge in [-0.1, -0.05) is 12.1 Å². The van der Waals surface area contributed by atoms with Crippen LogP contribution in [0.2, 0.25) is 0 Å². The van der Waals surface area contributed by atoms with Crippen LogP contribution in [0.5, 0.6) is 5.75 Å². The number of rotatable bonds is 6. The molecule has 3 nitrogen and oxygen atoms in total. The molecule has 0 fully saturated rings. The third-order valence-corrected chi connectivity index (χ3v) is 2.73. The lowest BCUT2D eigenvalue weighted by atomic mass is 10.1. The van der Waals surface area contributed by atoms with Crippen LogP contribution >= 0.6 is 0 Å². The second kappa shape index (κ2) is 6.51. The van der Waals surface area contributed by atoms with Crippen molar-refractivity contribution in [2.75, 3.05) is 20.8 Å². The molecule has 0 heterocycles. The molecule has 0 aliphatic heterocycles. The second-order valence-corrected chi connectivity index (χ2v) is 3.95. The van der Waals surface area contributed by atoms with E-state index in [2.05, 4.69) is 24.4 Å². The average molecular weight is 223 g/mol. The Balaban J connectivity index is 2.49. The lowest BCUT2D eigenvalue weighted by Gasteiger charge is -2.17. The summed E-state index contributed by atoms with van der Waals surface area (Å²) in [6, 6.07) is 8.44. The van der Waals surface area contributed by atoms with Gasteiger partial charge in [0.15, 0.2) is 0 Å². The summed E-state index contributed by atoms with van der Waals surface area (Å²) in [5.41, 5.74) is 1.25. The molecule has 3 heteroatoms. The van der Waals surface area contributed by atoms with Gasteiger partial charge >= 0.3 is 0 Å². The molecule has 0 aliphatic carbocycles. The average Bonchev–Trinajstić information content (AvgIpc) is 2.35. The predicted octanol–water partition coefficient (Wildman–Crippen LogP) is 2.38. The molecule has 0 bridgehead atoms. The fourth-order valence-electron chi connectivity index (χ4n) is 1.44. The Morgan fingerprint density at radius 2 is 1.75 bits per heavy atom. The molecule has 0 amide bonds. The molecule has 2 atom stereocenters. The van der Waals surface area contributed by atoms with E-state index in [1.165, 1.54) is 5.56 Å². The zero-order chi connectivity index (χ0) is 12.0. The lowest BCUT2D eigenvalue weighted by Crippen LogP contribution is -2.28. The van der Waals surface area contributed by atoms with Crippen molar-refractivity contribution in [1.82, 2.24) is 5.32 Å². The molecule has 1 rings (SSSR count). The first-order valence-electron chi connectivity index (χ1n) is 5.57. The summed E-state index contributed by atoms with van der Waals surface area (Å²) in [7, 11) is 3.40. The van der Waals surface area contributed by atoms with Crippen LogP contribution in [0.1, 0.15) is 25.5 Å². The van der Waals surface area contributed by atoms with Crippen LogP contribution < -0.4 is 10.1 Å². The van der Waals surface area contributed by atoms with Crippen LogP contribution in [0.3, 0.4) is 0 Å². The molecule has 16 heavy (non-hydrogen) atoms. The van der Waals surface area contributed by atoms with E-state index in [9.17, 15) is 0 Å². The first-order chi connectivity index (χ1) is 7.67. The van der Waals surface area contributed by atoms with Gasteiger partial charge in [-0.05, 0) is 31.5 Å². The maximum atomic E-state index is 5.19. The Morgan fingerprint density at radius 1 is 1.12 bits per heavy atom. The van der Waals surface area contributed by atoms with Gasteiger partial charge in [0.1, 0.15) is 5.75 Å². The van der Waals surface area contributed by atoms with E-state index in [0.717, 1.165) is 12.3 Å². The molecule has 1 N–H and O–H groups in total. The Kier molecular flexibility index (Phi) is 5.29. The number of methoxy groups -OCH3 is 2. The van der Waals surface area contributed by atoms with Gasteiger partial charge in [-0.25, -0.2) is 0 Å². The highest BCUT2D eigenvalue weighted by Crippen LogP contribution is 2.17. The van der Waals surface area contributed by atoms with Gasteiger partial charge in [0.05, 0.1) is 13.2 Å². The summed E-state index contributed by atoms with van der Waals surface area (Å²) < 4.78 is 10.3. The van der Waals surface area contributed by atoms with E-state index in [4.69, 9.17) is 9.47 Å². The largest absolute Gasteiger partial charge is 0.497 e. The molecule has 1 aromatic rings. The Hall–Kier alpha value is -1.06. The van der Waals surface area contributed by atoms with Crippen LogP contribution in [-0.4, -0.2) is 26.9 Å². The fourth-order valence-corrected chi connectivity index (χ4v) is 1.44. The van der Waals surface area contributed by atoms with Crippen LogP contribution in [0, 0.1) is 0 Å². The van der Waals surface area contributed by atoms with Crippen LogP contribution in [0.15, 0.2) is 24.3 Å². The fraction of sp³-hybridized carbons (Fsp3) is 0.538. The molecule has 0 radical (unpaired) electrons. The minimum absolute atomic E-state index is 0.237. The first kappa shape index (κ1) is 13.0. The van der Waals surface area contributed by atoms with Gasteiger partial charge in [-0.15, -0.1) is 0 Å². The normalized spacial score (nSPS) is 14.5. The minimum atomic E-state index is 0.237. The van der Waals surface area contributed by atoms with E-state index in [1.807, 2.05) is 19.1 Å². The van der Waals surface area contributed by atoms with E-state index in [1.54, 1.807) is 14.2 Å². The highest BCUT2D eigenvalue weighted by molar-refractivity contribution is 5.28. The maximum absolute atomic E-state index is 5.19. The summed E-state index contributed by atoms with van der Waals surface area (Å²) in [6.07, 6.45) is 0.237. The molecular formula is C13H21NO2.